The number of carbonyl (C=O) groups is 1. The maximum absolute atomic E-state index is 12.0. The Kier molecular flexibility index (Phi) is 5.38. The van der Waals surface area contributed by atoms with Crippen LogP contribution in [-0.2, 0) is 11.3 Å². The lowest BCUT2D eigenvalue weighted by Gasteiger charge is -2.22. The van der Waals surface area contributed by atoms with E-state index in [4.69, 9.17) is 10.5 Å². The summed E-state index contributed by atoms with van der Waals surface area (Å²) in [6, 6.07) is 8.07. The van der Waals surface area contributed by atoms with Gasteiger partial charge in [0.1, 0.15) is 5.75 Å². The van der Waals surface area contributed by atoms with Crippen LogP contribution in [0.3, 0.4) is 0 Å². The summed E-state index contributed by atoms with van der Waals surface area (Å²) in [4.78, 5) is 14.1. The SMILES string of the molecule is COc1cccc(CNC(=O)CN2CCCC2CN)c1. The van der Waals surface area contributed by atoms with Gasteiger partial charge in [0.2, 0.25) is 5.91 Å². The Morgan fingerprint density at radius 3 is 3.15 bits per heavy atom. The van der Waals surface area contributed by atoms with Crippen LogP contribution in [0.5, 0.6) is 5.75 Å². The highest BCUT2D eigenvalue weighted by atomic mass is 16.5. The van der Waals surface area contributed by atoms with Gasteiger partial charge >= 0.3 is 0 Å². The first-order chi connectivity index (χ1) is 9.72. The maximum atomic E-state index is 12.0. The topological polar surface area (TPSA) is 67.6 Å². The van der Waals surface area contributed by atoms with E-state index in [9.17, 15) is 4.79 Å². The maximum Gasteiger partial charge on any atom is 0.234 e. The van der Waals surface area contributed by atoms with E-state index in [0.29, 0.717) is 25.7 Å². The molecular weight excluding hydrogens is 254 g/mol. The molecule has 0 radical (unpaired) electrons. The summed E-state index contributed by atoms with van der Waals surface area (Å²) in [5.74, 6) is 0.854. The Balaban J connectivity index is 1.79. The van der Waals surface area contributed by atoms with Gasteiger partial charge in [-0.1, -0.05) is 12.1 Å². The number of nitrogens with zero attached hydrogens (tertiary/aromatic N) is 1. The third-order valence-corrected chi connectivity index (χ3v) is 3.74. The van der Waals surface area contributed by atoms with E-state index in [0.717, 1.165) is 30.7 Å². The van der Waals surface area contributed by atoms with Gasteiger partial charge in [0, 0.05) is 19.1 Å². The molecule has 1 atom stereocenters. The molecule has 1 aromatic carbocycles. The Morgan fingerprint density at radius 1 is 1.55 bits per heavy atom. The highest BCUT2D eigenvalue weighted by molar-refractivity contribution is 5.78. The average Bonchev–Trinajstić information content (AvgIpc) is 2.92. The molecular formula is C15H23N3O2. The van der Waals surface area contributed by atoms with Crippen LogP contribution in [0.15, 0.2) is 24.3 Å². The van der Waals surface area contributed by atoms with E-state index in [1.165, 1.54) is 0 Å². The standard InChI is InChI=1S/C15H23N3O2/c1-20-14-6-2-4-12(8-14)10-17-15(19)11-18-7-3-5-13(18)9-16/h2,4,6,8,13H,3,5,7,9-11,16H2,1H3,(H,17,19). The number of likely N-dealkylation sites (tertiary alicyclic amines) is 1. The number of nitrogens with one attached hydrogen (secondary N) is 1. The molecule has 0 saturated carbocycles. The van der Waals surface area contributed by atoms with Gasteiger partial charge in [-0.15, -0.1) is 0 Å². The third-order valence-electron chi connectivity index (χ3n) is 3.74. The third kappa shape index (κ3) is 3.95. The summed E-state index contributed by atoms with van der Waals surface area (Å²) in [6.07, 6.45) is 2.23. The van der Waals surface area contributed by atoms with E-state index in [1.807, 2.05) is 24.3 Å². The number of carbonyl (C=O) groups excluding carboxylic acids is 1. The van der Waals surface area contributed by atoms with Crippen molar-refractivity contribution >= 4 is 5.91 Å². The zero-order chi connectivity index (χ0) is 14.4. The molecule has 1 heterocycles. The molecule has 0 aliphatic carbocycles. The van der Waals surface area contributed by atoms with Crippen molar-refractivity contribution in [2.45, 2.75) is 25.4 Å². The lowest BCUT2D eigenvalue weighted by Crippen LogP contribution is -2.42. The van der Waals surface area contributed by atoms with Crippen molar-refractivity contribution in [1.29, 1.82) is 0 Å². The molecule has 1 fully saturated rings. The smallest absolute Gasteiger partial charge is 0.234 e. The minimum atomic E-state index is 0.0492. The van der Waals surface area contributed by atoms with Gasteiger partial charge in [-0.25, -0.2) is 0 Å². The van der Waals surface area contributed by atoms with Gasteiger partial charge in [0.15, 0.2) is 0 Å². The molecule has 20 heavy (non-hydrogen) atoms. The van der Waals surface area contributed by atoms with E-state index < -0.39 is 0 Å². The van der Waals surface area contributed by atoms with Crippen molar-refractivity contribution in [1.82, 2.24) is 10.2 Å². The largest absolute Gasteiger partial charge is 0.497 e. The number of methoxy groups -OCH3 is 1. The van der Waals surface area contributed by atoms with Crippen molar-refractivity contribution in [3.8, 4) is 5.75 Å². The summed E-state index contributed by atoms with van der Waals surface area (Å²) in [5, 5.41) is 2.94. The van der Waals surface area contributed by atoms with Crippen molar-refractivity contribution in [2.24, 2.45) is 5.73 Å². The molecule has 1 aliphatic rings. The minimum absolute atomic E-state index is 0.0492. The summed E-state index contributed by atoms with van der Waals surface area (Å²) in [7, 11) is 1.64. The quantitative estimate of drug-likeness (QED) is 0.804. The monoisotopic (exact) mass is 277 g/mol. The van der Waals surface area contributed by atoms with Crippen LogP contribution in [0.25, 0.3) is 0 Å². The Bertz CT molecular complexity index is 450. The number of rotatable bonds is 6. The Morgan fingerprint density at radius 2 is 2.40 bits per heavy atom. The van der Waals surface area contributed by atoms with E-state index in [1.54, 1.807) is 7.11 Å². The predicted molar refractivity (Wildman–Crippen MR) is 78.5 cm³/mol. The summed E-state index contributed by atoms with van der Waals surface area (Å²) in [6.45, 7) is 2.56. The van der Waals surface area contributed by atoms with Crippen molar-refractivity contribution < 1.29 is 9.53 Å². The zero-order valence-corrected chi connectivity index (χ0v) is 12.0. The zero-order valence-electron chi connectivity index (χ0n) is 12.0. The first kappa shape index (κ1) is 14.8. The fourth-order valence-corrected chi connectivity index (χ4v) is 2.59. The molecule has 1 amide bonds. The summed E-state index contributed by atoms with van der Waals surface area (Å²) >= 11 is 0. The number of ether oxygens (including phenoxy) is 1. The van der Waals surface area contributed by atoms with Gasteiger partial charge in [0.05, 0.1) is 13.7 Å². The summed E-state index contributed by atoms with van der Waals surface area (Å²) in [5.41, 5.74) is 6.75. The van der Waals surface area contributed by atoms with E-state index in [-0.39, 0.29) is 5.91 Å². The second-order valence-electron chi connectivity index (χ2n) is 5.13. The number of hydrogen-bond acceptors (Lipinski definition) is 4. The number of nitrogens with two attached hydrogens (primary N) is 1. The highest BCUT2D eigenvalue weighted by Crippen LogP contribution is 2.15. The molecule has 1 aromatic rings. The van der Waals surface area contributed by atoms with Crippen molar-refractivity contribution in [3.05, 3.63) is 29.8 Å². The van der Waals surface area contributed by atoms with Crippen LogP contribution < -0.4 is 15.8 Å². The molecule has 2 rings (SSSR count). The molecule has 0 spiro atoms. The molecule has 3 N–H and O–H groups in total. The molecule has 1 aliphatic heterocycles. The second-order valence-corrected chi connectivity index (χ2v) is 5.13. The van der Waals surface area contributed by atoms with Crippen LogP contribution in [0.4, 0.5) is 0 Å². The normalized spacial score (nSPS) is 19.0. The number of hydrogen-bond donors (Lipinski definition) is 2. The number of amides is 1. The highest BCUT2D eigenvalue weighted by Gasteiger charge is 2.24. The van der Waals surface area contributed by atoms with Crippen LogP contribution >= 0.6 is 0 Å². The van der Waals surface area contributed by atoms with Crippen molar-refractivity contribution in [3.63, 3.8) is 0 Å². The van der Waals surface area contributed by atoms with Crippen LogP contribution in [0, 0.1) is 0 Å². The molecule has 5 nitrogen and oxygen atoms in total. The molecule has 0 bridgehead atoms. The van der Waals surface area contributed by atoms with E-state index >= 15 is 0 Å². The van der Waals surface area contributed by atoms with Gasteiger partial charge in [-0.05, 0) is 37.1 Å². The molecule has 1 saturated heterocycles. The Labute approximate surface area is 120 Å². The molecule has 5 heteroatoms. The molecule has 110 valence electrons. The first-order valence-corrected chi connectivity index (χ1v) is 7.06. The van der Waals surface area contributed by atoms with Crippen LogP contribution in [0.2, 0.25) is 0 Å². The lowest BCUT2D eigenvalue weighted by molar-refractivity contribution is -0.122. The van der Waals surface area contributed by atoms with Crippen molar-refractivity contribution in [2.75, 3.05) is 26.7 Å². The van der Waals surface area contributed by atoms with Gasteiger partial charge in [-0.3, -0.25) is 9.69 Å². The average molecular weight is 277 g/mol. The molecule has 1 unspecified atom stereocenters. The Hall–Kier alpha value is -1.59. The second kappa shape index (κ2) is 7.26. The van der Waals surface area contributed by atoms with Gasteiger partial charge in [-0.2, -0.15) is 0 Å². The predicted octanol–water partition coefficient (Wildman–Crippen LogP) is 0.735. The number of benzene rings is 1. The van der Waals surface area contributed by atoms with Crippen LogP contribution in [0.1, 0.15) is 18.4 Å². The first-order valence-electron chi connectivity index (χ1n) is 7.06. The fraction of sp³-hybridized carbons (Fsp3) is 0.533. The molecule has 0 aromatic heterocycles. The summed E-state index contributed by atoms with van der Waals surface area (Å²) < 4.78 is 5.16. The van der Waals surface area contributed by atoms with Crippen LogP contribution in [-0.4, -0.2) is 43.6 Å². The minimum Gasteiger partial charge on any atom is -0.497 e. The fourth-order valence-electron chi connectivity index (χ4n) is 2.59. The van der Waals surface area contributed by atoms with E-state index in [2.05, 4.69) is 10.2 Å². The van der Waals surface area contributed by atoms with Gasteiger partial charge in [0.25, 0.3) is 0 Å². The lowest BCUT2D eigenvalue weighted by atomic mass is 10.2. The van der Waals surface area contributed by atoms with Gasteiger partial charge < -0.3 is 15.8 Å².